The summed E-state index contributed by atoms with van der Waals surface area (Å²) in [6.07, 6.45) is 1.34. The van der Waals surface area contributed by atoms with Crippen LogP contribution in [0, 0.1) is 0 Å². The zero-order chi connectivity index (χ0) is 12.4. The number of fused-ring (bicyclic) bond motifs is 1. The van der Waals surface area contributed by atoms with Crippen LogP contribution in [0.3, 0.4) is 0 Å². The number of benzene rings is 1. The summed E-state index contributed by atoms with van der Waals surface area (Å²) in [7, 11) is 0. The molecule has 0 bridgehead atoms. The van der Waals surface area contributed by atoms with E-state index in [2.05, 4.69) is 20.9 Å². The van der Waals surface area contributed by atoms with Crippen LogP contribution in [0.2, 0.25) is 0 Å². The van der Waals surface area contributed by atoms with Gasteiger partial charge in [0, 0.05) is 22.6 Å². The monoisotopic (exact) mass is 297 g/mol. The van der Waals surface area contributed by atoms with Crippen molar-refractivity contribution in [3.63, 3.8) is 0 Å². The predicted molar refractivity (Wildman–Crippen MR) is 68.6 cm³/mol. The predicted octanol–water partition coefficient (Wildman–Crippen LogP) is 2.33. The van der Waals surface area contributed by atoms with E-state index in [1.54, 1.807) is 0 Å². The Bertz CT molecular complexity index is 553. The number of hydrogen-bond donors (Lipinski definition) is 3. The highest BCUT2D eigenvalue weighted by Gasteiger charge is 2.09. The van der Waals surface area contributed by atoms with Gasteiger partial charge in [-0.3, -0.25) is 0 Å². The van der Waals surface area contributed by atoms with Crippen LogP contribution in [0.25, 0.3) is 10.9 Å². The molecule has 0 unspecified atom stereocenters. The summed E-state index contributed by atoms with van der Waals surface area (Å²) in [5.41, 5.74) is 2.07. The second-order valence-electron chi connectivity index (χ2n) is 3.70. The van der Waals surface area contributed by atoms with Crippen molar-refractivity contribution in [1.29, 1.82) is 0 Å². The van der Waals surface area contributed by atoms with Crippen molar-refractivity contribution in [3.8, 4) is 0 Å². The normalized spacial score (nSPS) is 10.7. The minimum Gasteiger partial charge on any atom is -0.464 e. The maximum Gasteiger partial charge on any atom is 0.421 e. The van der Waals surface area contributed by atoms with E-state index in [9.17, 15) is 4.79 Å². The van der Waals surface area contributed by atoms with E-state index in [1.807, 2.05) is 24.4 Å². The summed E-state index contributed by atoms with van der Waals surface area (Å²) >= 11 is 3.45. The SMILES string of the molecule is NN(CCc1c[nH]c2c(Br)cccc12)C(=O)O. The van der Waals surface area contributed by atoms with E-state index in [1.165, 1.54) is 0 Å². The van der Waals surface area contributed by atoms with E-state index < -0.39 is 6.09 Å². The van der Waals surface area contributed by atoms with Crippen LogP contribution in [0.4, 0.5) is 4.79 Å². The highest BCUT2D eigenvalue weighted by molar-refractivity contribution is 9.10. The Balaban J connectivity index is 2.20. The maximum absolute atomic E-state index is 10.6. The number of nitrogens with two attached hydrogens (primary N) is 1. The number of halogens is 1. The Labute approximate surface area is 106 Å². The number of hydrazine groups is 1. The van der Waals surface area contributed by atoms with Crippen molar-refractivity contribution in [2.45, 2.75) is 6.42 Å². The third-order valence-corrected chi connectivity index (χ3v) is 3.28. The molecule has 0 fully saturated rings. The highest BCUT2D eigenvalue weighted by Crippen LogP contribution is 2.25. The number of amides is 1. The van der Waals surface area contributed by atoms with Gasteiger partial charge in [0.1, 0.15) is 0 Å². The van der Waals surface area contributed by atoms with Gasteiger partial charge in [0.05, 0.1) is 5.52 Å². The van der Waals surface area contributed by atoms with E-state index in [0.717, 1.165) is 25.9 Å². The van der Waals surface area contributed by atoms with E-state index >= 15 is 0 Å². The largest absolute Gasteiger partial charge is 0.464 e. The molecule has 1 amide bonds. The van der Waals surface area contributed by atoms with Gasteiger partial charge >= 0.3 is 6.09 Å². The van der Waals surface area contributed by atoms with Crippen molar-refractivity contribution in [2.75, 3.05) is 6.54 Å². The number of H-pyrrole nitrogens is 1. The van der Waals surface area contributed by atoms with Crippen LogP contribution in [-0.4, -0.2) is 27.7 Å². The van der Waals surface area contributed by atoms with E-state index in [4.69, 9.17) is 10.9 Å². The third kappa shape index (κ3) is 2.42. The number of nitrogens with zero attached hydrogens (tertiary/aromatic N) is 1. The standard InChI is InChI=1S/C11H12BrN3O2/c12-9-3-1-2-8-7(6-14-10(8)9)4-5-15(13)11(16)17/h1-3,6,14H,4-5,13H2,(H,16,17). The number of aromatic amines is 1. The van der Waals surface area contributed by atoms with Crippen LogP contribution in [0.5, 0.6) is 0 Å². The van der Waals surface area contributed by atoms with Crippen molar-refractivity contribution in [3.05, 3.63) is 34.4 Å². The molecule has 0 spiro atoms. The average Bonchev–Trinajstić information content (AvgIpc) is 2.70. The van der Waals surface area contributed by atoms with E-state index in [0.29, 0.717) is 6.42 Å². The summed E-state index contributed by atoms with van der Waals surface area (Å²) in [4.78, 5) is 13.7. The summed E-state index contributed by atoms with van der Waals surface area (Å²) in [6, 6.07) is 5.89. The Morgan fingerprint density at radius 1 is 1.53 bits per heavy atom. The number of aromatic nitrogens is 1. The molecule has 0 radical (unpaired) electrons. The lowest BCUT2D eigenvalue weighted by atomic mass is 10.1. The van der Waals surface area contributed by atoms with Gasteiger partial charge in [-0.05, 0) is 34.0 Å². The number of para-hydroxylation sites is 1. The lowest BCUT2D eigenvalue weighted by molar-refractivity contribution is 0.146. The molecular weight excluding hydrogens is 286 g/mol. The molecule has 90 valence electrons. The smallest absolute Gasteiger partial charge is 0.421 e. The van der Waals surface area contributed by atoms with Crippen LogP contribution in [0.15, 0.2) is 28.9 Å². The first-order chi connectivity index (χ1) is 8.09. The molecular formula is C11H12BrN3O2. The summed E-state index contributed by atoms with van der Waals surface area (Å²) in [5, 5.41) is 10.5. The zero-order valence-electron chi connectivity index (χ0n) is 8.98. The fourth-order valence-corrected chi connectivity index (χ4v) is 2.20. The number of rotatable bonds is 3. The Hall–Kier alpha value is -1.53. The molecule has 1 heterocycles. The Morgan fingerprint density at radius 2 is 2.29 bits per heavy atom. The van der Waals surface area contributed by atoms with Crippen LogP contribution in [0.1, 0.15) is 5.56 Å². The summed E-state index contributed by atoms with van der Waals surface area (Å²) < 4.78 is 0.990. The fraction of sp³-hybridized carbons (Fsp3) is 0.182. The van der Waals surface area contributed by atoms with Gasteiger partial charge in [-0.15, -0.1) is 0 Å². The zero-order valence-corrected chi connectivity index (χ0v) is 10.6. The first kappa shape index (κ1) is 11.9. The number of carboxylic acid groups (broad SMARTS) is 1. The molecule has 0 atom stereocenters. The van der Waals surface area contributed by atoms with Crippen molar-refractivity contribution in [1.82, 2.24) is 9.99 Å². The molecule has 4 N–H and O–H groups in total. The molecule has 0 saturated carbocycles. The Morgan fingerprint density at radius 3 is 3.00 bits per heavy atom. The topological polar surface area (TPSA) is 82.3 Å². The molecule has 0 aliphatic heterocycles. The Kier molecular flexibility index (Phi) is 3.35. The molecule has 0 aliphatic carbocycles. The summed E-state index contributed by atoms with van der Waals surface area (Å²) in [5.74, 6) is 5.32. The van der Waals surface area contributed by atoms with Crippen molar-refractivity contribution in [2.24, 2.45) is 5.84 Å². The van der Waals surface area contributed by atoms with Gasteiger partial charge in [0.15, 0.2) is 0 Å². The molecule has 0 aliphatic rings. The van der Waals surface area contributed by atoms with Gasteiger partial charge in [0.2, 0.25) is 0 Å². The van der Waals surface area contributed by atoms with Crippen molar-refractivity contribution < 1.29 is 9.90 Å². The highest BCUT2D eigenvalue weighted by atomic mass is 79.9. The second kappa shape index (κ2) is 4.77. The number of nitrogens with one attached hydrogen (secondary N) is 1. The molecule has 6 heteroatoms. The fourth-order valence-electron chi connectivity index (χ4n) is 1.72. The van der Waals surface area contributed by atoms with Crippen LogP contribution < -0.4 is 5.84 Å². The molecule has 0 saturated heterocycles. The molecule has 1 aromatic heterocycles. The van der Waals surface area contributed by atoms with Crippen LogP contribution in [-0.2, 0) is 6.42 Å². The van der Waals surface area contributed by atoms with E-state index in [-0.39, 0.29) is 6.54 Å². The number of hydrogen-bond acceptors (Lipinski definition) is 2. The molecule has 17 heavy (non-hydrogen) atoms. The van der Waals surface area contributed by atoms with Crippen molar-refractivity contribution >= 4 is 32.9 Å². The van der Waals surface area contributed by atoms with Gasteiger partial charge in [-0.1, -0.05) is 12.1 Å². The van der Waals surface area contributed by atoms with Gasteiger partial charge in [-0.2, -0.15) is 0 Å². The molecule has 2 aromatic rings. The quantitative estimate of drug-likeness (QED) is 0.462. The van der Waals surface area contributed by atoms with Crippen LogP contribution >= 0.6 is 15.9 Å². The molecule has 2 rings (SSSR count). The first-order valence-corrected chi connectivity index (χ1v) is 5.88. The maximum atomic E-state index is 10.6. The average molecular weight is 298 g/mol. The second-order valence-corrected chi connectivity index (χ2v) is 4.56. The van der Waals surface area contributed by atoms with Gasteiger partial charge in [-0.25, -0.2) is 15.6 Å². The first-order valence-electron chi connectivity index (χ1n) is 5.09. The third-order valence-electron chi connectivity index (χ3n) is 2.62. The molecule has 1 aromatic carbocycles. The lowest BCUT2D eigenvalue weighted by Gasteiger charge is -2.11. The minimum atomic E-state index is -1.12. The lowest BCUT2D eigenvalue weighted by Crippen LogP contribution is -2.37. The number of carbonyl (C=O) groups is 1. The minimum absolute atomic E-state index is 0.273. The molecule has 5 nitrogen and oxygen atoms in total. The van der Waals surface area contributed by atoms with Gasteiger partial charge in [0.25, 0.3) is 0 Å². The van der Waals surface area contributed by atoms with Gasteiger partial charge < -0.3 is 10.1 Å². The summed E-state index contributed by atoms with van der Waals surface area (Å²) in [6.45, 7) is 0.273.